The highest BCUT2D eigenvalue weighted by Gasteiger charge is 2.53. The lowest BCUT2D eigenvalue weighted by Crippen LogP contribution is -2.48. The SMILES string of the molecule is O=C(c1ccccc1)C1SC(C(=O)c2ccccc2)C(c2ccccc2)C(C(=O)c2ccccc2)C1c1ccccc1. The third-order valence-electron chi connectivity index (χ3n) is 8.08. The first kappa shape index (κ1) is 27.6. The van der Waals surface area contributed by atoms with Crippen molar-refractivity contribution >= 4 is 29.1 Å². The Morgan fingerprint density at radius 1 is 0.381 bits per heavy atom. The van der Waals surface area contributed by atoms with Crippen LogP contribution < -0.4 is 0 Å². The predicted molar refractivity (Wildman–Crippen MR) is 169 cm³/mol. The molecule has 0 radical (unpaired) electrons. The fourth-order valence-corrected chi connectivity index (χ4v) is 7.97. The van der Waals surface area contributed by atoms with E-state index in [4.69, 9.17) is 0 Å². The van der Waals surface area contributed by atoms with Crippen LogP contribution in [0.4, 0.5) is 0 Å². The summed E-state index contributed by atoms with van der Waals surface area (Å²) in [5, 5.41) is -1.30. The molecule has 0 aromatic heterocycles. The van der Waals surface area contributed by atoms with Gasteiger partial charge in [-0.2, -0.15) is 0 Å². The molecule has 1 aliphatic rings. The molecule has 0 aliphatic carbocycles. The number of ketones is 3. The summed E-state index contributed by atoms with van der Waals surface area (Å²) in [6, 6.07) is 47.4. The van der Waals surface area contributed by atoms with Crippen LogP contribution in [0.1, 0.15) is 54.0 Å². The number of thioether (sulfide) groups is 1. The van der Waals surface area contributed by atoms with Crippen molar-refractivity contribution in [3.63, 3.8) is 0 Å². The van der Waals surface area contributed by atoms with Crippen molar-refractivity contribution in [1.29, 1.82) is 0 Å². The summed E-state index contributed by atoms with van der Waals surface area (Å²) in [6.07, 6.45) is 0. The first-order chi connectivity index (χ1) is 20.6. The van der Waals surface area contributed by atoms with Crippen molar-refractivity contribution in [1.82, 2.24) is 0 Å². The molecule has 0 saturated carbocycles. The van der Waals surface area contributed by atoms with Gasteiger partial charge in [-0.15, -0.1) is 11.8 Å². The molecule has 6 rings (SSSR count). The first-order valence-electron chi connectivity index (χ1n) is 14.2. The summed E-state index contributed by atoms with van der Waals surface area (Å²) in [5.41, 5.74) is 3.56. The van der Waals surface area contributed by atoms with E-state index >= 15 is 0 Å². The smallest absolute Gasteiger partial charge is 0.176 e. The van der Waals surface area contributed by atoms with Gasteiger partial charge in [0.25, 0.3) is 0 Å². The topological polar surface area (TPSA) is 51.2 Å². The van der Waals surface area contributed by atoms with E-state index in [1.165, 1.54) is 11.8 Å². The normalized spacial score (nSPS) is 21.8. The molecule has 0 spiro atoms. The summed E-state index contributed by atoms with van der Waals surface area (Å²) in [5.74, 6) is -1.78. The molecule has 42 heavy (non-hydrogen) atoms. The number of Topliss-reactive ketones (excluding diaryl/α,β-unsaturated/α-hetero) is 3. The van der Waals surface area contributed by atoms with E-state index in [1.807, 2.05) is 152 Å². The molecule has 0 N–H and O–H groups in total. The molecule has 5 aromatic carbocycles. The number of benzene rings is 5. The Bertz CT molecular complexity index is 1550. The van der Waals surface area contributed by atoms with Crippen molar-refractivity contribution in [2.24, 2.45) is 5.92 Å². The fourth-order valence-electron chi connectivity index (χ4n) is 6.15. The van der Waals surface area contributed by atoms with Gasteiger partial charge in [0.05, 0.1) is 10.5 Å². The molecule has 5 aromatic rings. The number of rotatable bonds is 8. The average molecular weight is 567 g/mol. The van der Waals surface area contributed by atoms with Crippen LogP contribution in [0.15, 0.2) is 152 Å². The zero-order valence-corrected chi connectivity index (χ0v) is 23.8. The van der Waals surface area contributed by atoms with Crippen molar-refractivity contribution < 1.29 is 14.4 Å². The fraction of sp³-hybridized carbons (Fsp3) is 0.132. The lowest BCUT2D eigenvalue weighted by molar-refractivity contribution is 0.0829. The molecule has 4 heteroatoms. The summed E-state index contributed by atoms with van der Waals surface area (Å²) in [4.78, 5) is 43.5. The Balaban J connectivity index is 1.59. The van der Waals surface area contributed by atoms with Gasteiger partial charge in [0.15, 0.2) is 17.3 Å². The third-order valence-corrected chi connectivity index (χ3v) is 9.68. The van der Waals surface area contributed by atoms with Gasteiger partial charge in [-0.05, 0) is 11.1 Å². The van der Waals surface area contributed by atoms with Crippen LogP contribution in [-0.2, 0) is 0 Å². The molecule has 1 heterocycles. The van der Waals surface area contributed by atoms with Gasteiger partial charge < -0.3 is 0 Å². The molecule has 3 nitrogen and oxygen atoms in total. The standard InChI is InChI=1S/C38H30O3S/c39-34(28-20-10-3-11-21-28)33-31(26-16-6-1-7-17-26)37(35(40)29-22-12-4-13-23-29)42-38(32(33)27-18-8-2-9-19-27)36(41)30-24-14-5-15-25-30/h1-25,31-33,37-38H. The van der Waals surface area contributed by atoms with Gasteiger partial charge >= 0.3 is 0 Å². The Morgan fingerprint density at radius 3 is 1.00 bits per heavy atom. The largest absolute Gasteiger partial charge is 0.294 e. The molecular formula is C38H30O3S. The van der Waals surface area contributed by atoms with Crippen molar-refractivity contribution in [3.05, 3.63) is 179 Å². The lowest BCUT2D eigenvalue weighted by Gasteiger charge is -2.46. The van der Waals surface area contributed by atoms with E-state index in [9.17, 15) is 14.4 Å². The zero-order valence-electron chi connectivity index (χ0n) is 23.0. The maximum absolute atomic E-state index is 14.7. The van der Waals surface area contributed by atoms with Gasteiger partial charge in [-0.1, -0.05) is 152 Å². The van der Waals surface area contributed by atoms with Crippen LogP contribution in [0.5, 0.6) is 0 Å². The third kappa shape index (κ3) is 5.50. The van der Waals surface area contributed by atoms with Crippen molar-refractivity contribution in [3.8, 4) is 0 Å². The minimum absolute atomic E-state index is 0.0599. The van der Waals surface area contributed by atoms with E-state index in [0.717, 1.165) is 11.1 Å². The Hall–Kier alpha value is -4.54. The molecule has 206 valence electrons. The van der Waals surface area contributed by atoms with Gasteiger partial charge in [0.2, 0.25) is 0 Å². The van der Waals surface area contributed by atoms with Crippen LogP contribution >= 0.6 is 11.8 Å². The average Bonchev–Trinajstić information content (AvgIpc) is 3.08. The highest BCUT2D eigenvalue weighted by atomic mass is 32.2. The van der Waals surface area contributed by atoms with Crippen molar-refractivity contribution in [2.45, 2.75) is 22.3 Å². The number of carbonyl (C=O) groups excluding carboxylic acids is 3. The summed E-state index contributed by atoms with van der Waals surface area (Å²) >= 11 is 1.41. The molecule has 4 atom stereocenters. The Labute approximate surface area is 250 Å². The molecule has 1 fully saturated rings. The van der Waals surface area contributed by atoms with Gasteiger partial charge in [-0.3, -0.25) is 14.4 Å². The highest BCUT2D eigenvalue weighted by molar-refractivity contribution is 8.02. The second-order valence-corrected chi connectivity index (χ2v) is 11.9. The van der Waals surface area contributed by atoms with Crippen LogP contribution in [0.3, 0.4) is 0 Å². The lowest BCUT2D eigenvalue weighted by atomic mass is 9.67. The number of hydrogen-bond donors (Lipinski definition) is 0. The van der Waals surface area contributed by atoms with Crippen molar-refractivity contribution in [2.75, 3.05) is 0 Å². The monoisotopic (exact) mass is 566 g/mol. The second kappa shape index (κ2) is 12.5. The van der Waals surface area contributed by atoms with Gasteiger partial charge in [0, 0.05) is 34.4 Å². The number of hydrogen-bond acceptors (Lipinski definition) is 4. The highest BCUT2D eigenvalue weighted by Crippen LogP contribution is 2.55. The molecule has 0 amide bonds. The summed E-state index contributed by atoms with van der Waals surface area (Å²) in [6.45, 7) is 0. The quantitative estimate of drug-likeness (QED) is 0.177. The summed E-state index contributed by atoms with van der Waals surface area (Å²) in [7, 11) is 0. The summed E-state index contributed by atoms with van der Waals surface area (Å²) < 4.78 is 0. The van der Waals surface area contributed by atoms with Crippen LogP contribution in [0, 0.1) is 5.92 Å². The Morgan fingerprint density at radius 2 is 0.667 bits per heavy atom. The Kier molecular flexibility index (Phi) is 8.25. The number of carbonyl (C=O) groups is 3. The van der Waals surface area contributed by atoms with E-state index < -0.39 is 28.3 Å². The van der Waals surface area contributed by atoms with E-state index in [1.54, 1.807) is 0 Å². The van der Waals surface area contributed by atoms with Gasteiger partial charge in [0.1, 0.15) is 0 Å². The molecule has 1 saturated heterocycles. The zero-order chi connectivity index (χ0) is 28.9. The van der Waals surface area contributed by atoms with Crippen LogP contribution in [0.2, 0.25) is 0 Å². The minimum atomic E-state index is -0.659. The minimum Gasteiger partial charge on any atom is -0.294 e. The van der Waals surface area contributed by atoms with E-state index in [0.29, 0.717) is 16.7 Å². The van der Waals surface area contributed by atoms with Crippen LogP contribution in [-0.4, -0.2) is 27.8 Å². The maximum atomic E-state index is 14.7. The van der Waals surface area contributed by atoms with E-state index in [-0.39, 0.29) is 17.3 Å². The molecular weight excluding hydrogens is 536 g/mol. The second-order valence-electron chi connectivity index (χ2n) is 10.6. The van der Waals surface area contributed by atoms with E-state index in [2.05, 4.69) is 0 Å². The molecule has 1 aliphatic heterocycles. The maximum Gasteiger partial charge on any atom is 0.176 e. The first-order valence-corrected chi connectivity index (χ1v) is 15.1. The molecule has 4 unspecified atom stereocenters. The molecule has 0 bridgehead atoms. The predicted octanol–water partition coefficient (Wildman–Crippen LogP) is 8.30. The van der Waals surface area contributed by atoms with Gasteiger partial charge in [-0.25, -0.2) is 0 Å². The van der Waals surface area contributed by atoms with Crippen LogP contribution in [0.25, 0.3) is 0 Å².